The third kappa shape index (κ3) is 6.94. The van der Waals surface area contributed by atoms with Crippen LogP contribution in [0.25, 0.3) is 0 Å². The molecule has 0 saturated carbocycles. The minimum absolute atomic E-state index is 0.103. The molecule has 1 N–H and O–H groups in total. The van der Waals surface area contributed by atoms with E-state index in [1.165, 1.54) is 4.90 Å². The first-order chi connectivity index (χ1) is 13.8. The van der Waals surface area contributed by atoms with E-state index in [1.54, 1.807) is 37.3 Å². The van der Waals surface area contributed by atoms with Crippen LogP contribution < -0.4 is 10.1 Å². The Labute approximate surface area is 181 Å². The van der Waals surface area contributed by atoms with Gasteiger partial charge in [0.15, 0.2) is 6.61 Å². The van der Waals surface area contributed by atoms with Gasteiger partial charge < -0.3 is 15.0 Å². The minimum atomic E-state index is -0.715. The molecule has 0 fully saturated rings. The molecule has 0 saturated heterocycles. The number of halogens is 2. The van der Waals surface area contributed by atoms with Gasteiger partial charge in [0.1, 0.15) is 11.8 Å². The molecule has 0 aliphatic rings. The summed E-state index contributed by atoms with van der Waals surface area (Å²) in [4.78, 5) is 27.0. The highest BCUT2D eigenvalue weighted by Crippen LogP contribution is 2.26. The molecule has 1 atom stereocenters. The monoisotopic (exact) mass is 436 g/mol. The van der Waals surface area contributed by atoms with Crippen molar-refractivity contribution in [1.82, 2.24) is 10.2 Å². The molecule has 0 aliphatic heterocycles. The van der Waals surface area contributed by atoms with E-state index >= 15 is 0 Å². The molecule has 5 nitrogen and oxygen atoms in total. The Morgan fingerprint density at radius 1 is 1.00 bits per heavy atom. The lowest BCUT2D eigenvalue weighted by Crippen LogP contribution is -2.49. The lowest BCUT2D eigenvalue weighted by atomic mass is 10.1. The Morgan fingerprint density at radius 3 is 2.21 bits per heavy atom. The number of hydrogen-bond donors (Lipinski definition) is 1. The molecular formula is C22H26Cl2N2O3. The second kappa shape index (κ2) is 11.1. The molecule has 2 aromatic rings. The summed E-state index contributed by atoms with van der Waals surface area (Å²) in [5, 5.41) is 3.74. The van der Waals surface area contributed by atoms with Gasteiger partial charge in [-0.05, 0) is 37.1 Å². The average Bonchev–Trinajstić information content (AvgIpc) is 2.70. The summed E-state index contributed by atoms with van der Waals surface area (Å²) in [5.41, 5.74) is 0.590. The first kappa shape index (κ1) is 23.0. The second-order valence-electron chi connectivity index (χ2n) is 7.14. The Morgan fingerprint density at radius 2 is 1.62 bits per heavy atom. The molecule has 2 aromatic carbocycles. The number of nitrogens with zero attached hydrogens (tertiary/aromatic N) is 1. The van der Waals surface area contributed by atoms with Crippen molar-refractivity contribution >= 4 is 35.0 Å². The van der Waals surface area contributed by atoms with Crippen LogP contribution in [0.3, 0.4) is 0 Å². The number of carbonyl (C=O) groups excluding carboxylic acids is 2. The van der Waals surface area contributed by atoms with Gasteiger partial charge in [-0.3, -0.25) is 9.59 Å². The number of hydrogen-bond acceptors (Lipinski definition) is 3. The Hall–Kier alpha value is -2.24. The molecule has 0 unspecified atom stereocenters. The number of carbonyl (C=O) groups is 2. The first-order valence-electron chi connectivity index (χ1n) is 9.47. The highest BCUT2D eigenvalue weighted by Gasteiger charge is 2.27. The molecule has 29 heavy (non-hydrogen) atoms. The van der Waals surface area contributed by atoms with Gasteiger partial charge in [-0.2, -0.15) is 0 Å². The molecule has 0 aromatic heterocycles. The quantitative estimate of drug-likeness (QED) is 0.626. The van der Waals surface area contributed by atoms with Crippen molar-refractivity contribution < 1.29 is 14.3 Å². The van der Waals surface area contributed by atoms with Crippen LogP contribution in [0.5, 0.6) is 5.75 Å². The van der Waals surface area contributed by atoms with E-state index in [0.717, 1.165) is 0 Å². The summed E-state index contributed by atoms with van der Waals surface area (Å²) in [6, 6.07) is 13.5. The van der Waals surface area contributed by atoms with Crippen molar-refractivity contribution in [2.75, 3.05) is 13.2 Å². The Bertz CT molecular complexity index is 808. The fourth-order valence-electron chi connectivity index (χ4n) is 2.63. The molecule has 0 spiro atoms. The van der Waals surface area contributed by atoms with Crippen molar-refractivity contribution in [3.05, 3.63) is 64.1 Å². The molecule has 156 valence electrons. The van der Waals surface area contributed by atoms with Crippen LogP contribution in [0.2, 0.25) is 10.0 Å². The maximum atomic E-state index is 13.0. The van der Waals surface area contributed by atoms with E-state index in [1.807, 2.05) is 32.0 Å². The van der Waals surface area contributed by atoms with Gasteiger partial charge in [0, 0.05) is 28.7 Å². The zero-order chi connectivity index (χ0) is 21.4. The molecule has 2 amide bonds. The molecule has 2 rings (SSSR count). The van der Waals surface area contributed by atoms with Crippen molar-refractivity contribution in [1.29, 1.82) is 0 Å². The third-order valence-electron chi connectivity index (χ3n) is 4.35. The van der Waals surface area contributed by atoms with Gasteiger partial charge in [-0.15, -0.1) is 0 Å². The van der Waals surface area contributed by atoms with E-state index in [-0.39, 0.29) is 25.0 Å². The Balaban J connectivity index is 2.19. The first-order valence-corrected chi connectivity index (χ1v) is 10.2. The SMILES string of the molecule is CC(C)CNC(=O)[C@@H](C)N(Cc1c(Cl)cccc1Cl)C(=O)COc1ccccc1. The summed E-state index contributed by atoms with van der Waals surface area (Å²) < 4.78 is 5.59. The lowest BCUT2D eigenvalue weighted by molar-refractivity contribution is -0.142. The van der Waals surface area contributed by atoms with Gasteiger partial charge in [0.05, 0.1) is 0 Å². The number of amides is 2. The second-order valence-corrected chi connectivity index (χ2v) is 7.95. The van der Waals surface area contributed by atoms with E-state index in [9.17, 15) is 9.59 Å². The molecule has 7 heteroatoms. The van der Waals surface area contributed by atoms with Gasteiger partial charge in [0.2, 0.25) is 5.91 Å². The predicted octanol–water partition coefficient (Wildman–Crippen LogP) is 4.56. The van der Waals surface area contributed by atoms with E-state index < -0.39 is 6.04 Å². The normalized spacial score (nSPS) is 11.8. The lowest BCUT2D eigenvalue weighted by Gasteiger charge is -2.29. The number of nitrogens with one attached hydrogen (secondary N) is 1. The van der Waals surface area contributed by atoms with Crippen LogP contribution in [0.4, 0.5) is 0 Å². The fraction of sp³-hybridized carbons (Fsp3) is 0.364. The van der Waals surface area contributed by atoms with Crippen LogP contribution in [0.1, 0.15) is 26.3 Å². The van der Waals surface area contributed by atoms with Crippen LogP contribution in [0.15, 0.2) is 48.5 Å². The van der Waals surface area contributed by atoms with Crippen molar-refractivity contribution in [2.45, 2.75) is 33.4 Å². The fourth-order valence-corrected chi connectivity index (χ4v) is 3.15. The zero-order valence-electron chi connectivity index (χ0n) is 16.8. The molecule has 0 aliphatic carbocycles. The molecule has 0 radical (unpaired) electrons. The summed E-state index contributed by atoms with van der Waals surface area (Å²) >= 11 is 12.6. The van der Waals surface area contributed by atoms with E-state index in [2.05, 4.69) is 5.32 Å². The standard InChI is InChI=1S/C22H26Cl2N2O3/c1-15(2)12-25-22(28)16(3)26(13-18-19(23)10-7-11-20(18)24)21(27)14-29-17-8-5-4-6-9-17/h4-11,15-16H,12-14H2,1-3H3,(H,25,28)/t16-/m1/s1. The number of benzene rings is 2. The largest absolute Gasteiger partial charge is 0.484 e. The average molecular weight is 437 g/mol. The zero-order valence-corrected chi connectivity index (χ0v) is 18.3. The van der Waals surface area contributed by atoms with Crippen molar-refractivity contribution in [3.63, 3.8) is 0 Å². The van der Waals surface area contributed by atoms with Crippen LogP contribution >= 0.6 is 23.2 Å². The van der Waals surface area contributed by atoms with E-state index in [0.29, 0.717) is 33.8 Å². The van der Waals surface area contributed by atoms with Gasteiger partial charge >= 0.3 is 0 Å². The summed E-state index contributed by atoms with van der Waals surface area (Å²) in [6.07, 6.45) is 0. The van der Waals surface area contributed by atoms with Gasteiger partial charge in [0.25, 0.3) is 5.91 Å². The van der Waals surface area contributed by atoms with Crippen molar-refractivity contribution in [2.24, 2.45) is 5.92 Å². The molecular weight excluding hydrogens is 411 g/mol. The molecule has 0 bridgehead atoms. The molecule has 0 heterocycles. The highest BCUT2D eigenvalue weighted by molar-refractivity contribution is 6.36. The summed E-state index contributed by atoms with van der Waals surface area (Å²) in [6.45, 7) is 6.12. The maximum Gasteiger partial charge on any atom is 0.261 e. The van der Waals surface area contributed by atoms with Gasteiger partial charge in [-0.25, -0.2) is 0 Å². The van der Waals surface area contributed by atoms with Crippen molar-refractivity contribution in [3.8, 4) is 5.75 Å². The number of ether oxygens (including phenoxy) is 1. The van der Waals surface area contributed by atoms with Crippen LogP contribution in [-0.4, -0.2) is 35.9 Å². The highest BCUT2D eigenvalue weighted by atomic mass is 35.5. The van der Waals surface area contributed by atoms with Crippen LogP contribution in [0, 0.1) is 5.92 Å². The number of para-hydroxylation sites is 1. The summed E-state index contributed by atoms with van der Waals surface area (Å²) in [5.74, 6) is 0.301. The minimum Gasteiger partial charge on any atom is -0.484 e. The smallest absolute Gasteiger partial charge is 0.261 e. The van der Waals surface area contributed by atoms with E-state index in [4.69, 9.17) is 27.9 Å². The topological polar surface area (TPSA) is 58.6 Å². The summed E-state index contributed by atoms with van der Waals surface area (Å²) in [7, 11) is 0. The maximum absolute atomic E-state index is 13.0. The Kier molecular flexibility index (Phi) is 8.80. The number of rotatable bonds is 9. The van der Waals surface area contributed by atoms with Gasteiger partial charge in [-0.1, -0.05) is 61.3 Å². The third-order valence-corrected chi connectivity index (χ3v) is 5.06. The predicted molar refractivity (Wildman–Crippen MR) is 116 cm³/mol. The van der Waals surface area contributed by atoms with Crippen LogP contribution in [-0.2, 0) is 16.1 Å².